The summed E-state index contributed by atoms with van der Waals surface area (Å²) in [6.07, 6.45) is 7.14. The molecule has 0 aliphatic heterocycles. The van der Waals surface area contributed by atoms with Gasteiger partial charge in [0, 0.05) is 31.2 Å². The van der Waals surface area contributed by atoms with Gasteiger partial charge in [0.15, 0.2) is 5.82 Å². The topological polar surface area (TPSA) is 109 Å². The van der Waals surface area contributed by atoms with Gasteiger partial charge in [-0.3, -0.25) is 9.67 Å². The Morgan fingerprint density at radius 1 is 1.03 bits per heavy atom. The summed E-state index contributed by atoms with van der Waals surface area (Å²) in [7, 11) is 1.85. The van der Waals surface area contributed by atoms with Crippen LogP contribution in [0.15, 0.2) is 53.6 Å². The first kappa shape index (κ1) is 18.8. The third-order valence-electron chi connectivity index (χ3n) is 5.44. The number of rotatable bonds is 5. The van der Waals surface area contributed by atoms with Gasteiger partial charge in [0.05, 0.1) is 22.9 Å². The number of hydrogen-bond donors (Lipinski definition) is 1. The van der Waals surface area contributed by atoms with Gasteiger partial charge in [0.2, 0.25) is 0 Å². The lowest BCUT2D eigenvalue weighted by Gasteiger charge is -2.30. The van der Waals surface area contributed by atoms with Crippen LogP contribution in [0.5, 0.6) is 0 Å². The van der Waals surface area contributed by atoms with Crippen molar-refractivity contribution in [3.8, 4) is 22.7 Å². The molecule has 0 aliphatic rings. The molecule has 4 heterocycles. The lowest BCUT2D eigenvalue weighted by atomic mass is 9.73. The predicted octanol–water partition coefficient (Wildman–Crippen LogP) is 3.47. The van der Waals surface area contributed by atoms with Crippen molar-refractivity contribution in [3.05, 3.63) is 60.4 Å². The molecule has 8 heteroatoms. The monoisotopic (exact) mass is 389 g/mol. The minimum Gasteiger partial charge on any atom is -0.384 e. The zero-order chi connectivity index (χ0) is 20.6. The molecule has 1 unspecified atom stereocenters. The minimum atomic E-state index is -0.463. The van der Waals surface area contributed by atoms with Crippen molar-refractivity contribution in [2.75, 3.05) is 5.73 Å². The number of anilines is 1. The normalized spacial score (nSPS) is 13.6. The van der Waals surface area contributed by atoms with E-state index in [1.54, 1.807) is 23.1 Å². The number of hydrogen-bond acceptors (Lipinski definition) is 7. The van der Waals surface area contributed by atoms with Crippen LogP contribution < -0.4 is 5.73 Å². The maximum Gasteiger partial charge on any atom is 0.261 e. The number of nitrogen functional groups attached to an aromatic ring is 1. The Labute approximate surface area is 168 Å². The highest BCUT2D eigenvalue weighted by Crippen LogP contribution is 2.38. The van der Waals surface area contributed by atoms with Gasteiger partial charge in [-0.05, 0) is 36.6 Å². The summed E-state index contributed by atoms with van der Waals surface area (Å²) in [4.78, 5) is 13.4. The number of pyridine rings is 2. The molecule has 4 aromatic rings. The van der Waals surface area contributed by atoms with Crippen molar-refractivity contribution in [2.45, 2.75) is 26.2 Å². The zero-order valence-corrected chi connectivity index (χ0v) is 16.9. The van der Waals surface area contributed by atoms with E-state index in [1.165, 1.54) is 0 Å². The summed E-state index contributed by atoms with van der Waals surface area (Å²) < 4.78 is 7.24. The number of aryl methyl sites for hydroxylation is 1. The highest BCUT2D eigenvalue weighted by molar-refractivity contribution is 5.59. The Morgan fingerprint density at radius 3 is 2.45 bits per heavy atom. The minimum absolute atomic E-state index is 0.215. The Morgan fingerprint density at radius 2 is 1.86 bits per heavy atom. The molecule has 0 radical (unpaired) electrons. The third-order valence-corrected chi connectivity index (χ3v) is 5.44. The summed E-state index contributed by atoms with van der Waals surface area (Å²) in [5.74, 6) is 1.78. The molecule has 1 atom stereocenters. The molecule has 0 saturated heterocycles. The van der Waals surface area contributed by atoms with Crippen LogP contribution >= 0.6 is 0 Å². The van der Waals surface area contributed by atoms with Gasteiger partial charge in [0.1, 0.15) is 5.82 Å². The fourth-order valence-electron chi connectivity index (χ4n) is 3.23. The Bertz CT molecular complexity index is 1110. The Kier molecular flexibility index (Phi) is 4.62. The van der Waals surface area contributed by atoms with Crippen LogP contribution in [0.2, 0.25) is 0 Å². The van der Waals surface area contributed by atoms with Crippen LogP contribution in [0.4, 0.5) is 5.82 Å². The molecule has 29 heavy (non-hydrogen) atoms. The molecule has 0 aromatic carbocycles. The highest BCUT2D eigenvalue weighted by atomic mass is 16.5. The van der Waals surface area contributed by atoms with E-state index in [2.05, 4.69) is 52.0 Å². The second-order valence-electron chi connectivity index (χ2n) is 7.59. The largest absolute Gasteiger partial charge is 0.384 e. The predicted molar refractivity (Wildman–Crippen MR) is 110 cm³/mol. The molecule has 0 spiro atoms. The van der Waals surface area contributed by atoms with E-state index in [-0.39, 0.29) is 5.92 Å². The number of nitrogens with two attached hydrogens (primary N) is 1. The molecular formula is C21H23N7O. The van der Waals surface area contributed by atoms with E-state index in [1.807, 2.05) is 31.6 Å². The zero-order valence-electron chi connectivity index (χ0n) is 16.9. The average Bonchev–Trinajstić information content (AvgIpc) is 3.37. The van der Waals surface area contributed by atoms with E-state index in [0.717, 1.165) is 22.4 Å². The van der Waals surface area contributed by atoms with E-state index in [0.29, 0.717) is 17.5 Å². The second-order valence-corrected chi connectivity index (χ2v) is 7.59. The number of nitrogens with zero attached hydrogens (tertiary/aromatic N) is 6. The maximum atomic E-state index is 5.67. The van der Waals surface area contributed by atoms with E-state index in [4.69, 9.17) is 10.3 Å². The molecular weight excluding hydrogens is 366 g/mol. The van der Waals surface area contributed by atoms with E-state index in [9.17, 15) is 0 Å². The maximum absolute atomic E-state index is 5.67. The van der Waals surface area contributed by atoms with Crippen molar-refractivity contribution in [2.24, 2.45) is 13.0 Å². The molecule has 0 aliphatic carbocycles. The first-order valence-corrected chi connectivity index (χ1v) is 9.39. The summed E-state index contributed by atoms with van der Waals surface area (Å²) in [6, 6.07) is 7.71. The Balaban J connectivity index is 1.70. The molecule has 0 saturated carbocycles. The molecule has 4 rings (SSSR count). The second kappa shape index (κ2) is 7.12. The van der Waals surface area contributed by atoms with E-state index >= 15 is 0 Å². The smallest absolute Gasteiger partial charge is 0.261 e. The summed E-state index contributed by atoms with van der Waals surface area (Å²) in [5, 5.41) is 8.45. The fraction of sp³-hybridized carbons (Fsp3) is 0.286. The summed E-state index contributed by atoms with van der Waals surface area (Å²) in [6.45, 7) is 6.38. The molecule has 148 valence electrons. The van der Waals surface area contributed by atoms with Crippen LogP contribution in [0.3, 0.4) is 0 Å². The van der Waals surface area contributed by atoms with Gasteiger partial charge in [-0.15, -0.1) is 0 Å². The van der Waals surface area contributed by atoms with Crippen molar-refractivity contribution < 1.29 is 4.52 Å². The standard InChI is InChI=1S/C21H23N7O/c1-13(2)21(3,20-26-19(29-27-20)15-10-25-28(4)12-15)16-6-7-17(23-11-16)14-5-8-18(22)24-9-14/h5-13H,1-4H3,(H2,22,24). The van der Waals surface area contributed by atoms with Gasteiger partial charge in [0.25, 0.3) is 5.89 Å². The van der Waals surface area contributed by atoms with Gasteiger partial charge in [-0.1, -0.05) is 25.1 Å². The molecule has 0 bridgehead atoms. The highest BCUT2D eigenvalue weighted by Gasteiger charge is 2.38. The molecule has 0 fully saturated rings. The van der Waals surface area contributed by atoms with Crippen molar-refractivity contribution >= 4 is 5.82 Å². The number of aromatic nitrogens is 6. The lowest BCUT2D eigenvalue weighted by Crippen LogP contribution is -2.31. The Hall–Kier alpha value is -3.55. The van der Waals surface area contributed by atoms with E-state index < -0.39 is 5.41 Å². The van der Waals surface area contributed by atoms with Gasteiger partial charge in [-0.25, -0.2) is 4.98 Å². The van der Waals surface area contributed by atoms with Gasteiger partial charge in [-0.2, -0.15) is 10.1 Å². The first-order chi connectivity index (χ1) is 13.9. The van der Waals surface area contributed by atoms with Crippen LogP contribution in [0.1, 0.15) is 32.2 Å². The van der Waals surface area contributed by atoms with Crippen molar-refractivity contribution in [3.63, 3.8) is 0 Å². The first-order valence-electron chi connectivity index (χ1n) is 9.39. The molecule has 8 nitrogen and oxygen atoms in total. The summed E-state index contributed by atoms with van der Waals surface area (Å²) in [5.41, 5.74) is 8.75. The van der Waals surface area contributed by atoms with Crippen LogP contribution in [0, 0.1) is 5.92 Å². The van der Waals surface area contributed by atoms with Gasteiger partial charge >= 0.3 is 0 Å². The van der Waals surface area contributed by atoms with Crippen LogP contribution in [-0.4, -0.2) is 29.9 Å². The molecule has 2 N–H and O–H groups in total. The molecule has 4 aromatic heterocycles. The summed E-state index contributed by atoms with van der Waals surface area (Å²) >= 11 is 0. The molecule has 0 amide bonds. The third kappa shape index (κ3) is 3.37. The lowest BCUT2D eigenvalue weighted by molar-refractivity contribution is 0.350. The average molecular weight is 389 g/mol. The van der Waals surface area contributed by atoms with Crippen molar-refractivity contribution in [1.29, 1.82) is 0 Å². The van der Waals surface area contributed by atoms with Crippen molar-refractivity contribution in [1.82, 2.24) is 29.9 Å². The quantitative estimate of drug-likeness (QED) is 0.556. The van der Waals surface area contributed by atoms with Crippen LogP contribution in [-0.2, 0) is 12.5 Å². The van der Waals surface area contributed by atoms with Gasteiger partial charge < -0.3 is 10.3 Å². The fourth-order valence-corrected chi connectivity index (χ4v) is 3.23. The van der Waals surface area contributed by atoms with Crippen LogP contribution in [0.25, 0.3) is 22.7 Å². The SMILES string of the molecule is CC(C)C(C)(c1ccc(-c2ccc(N)nc2)nc1)c1noc(-c2cnn(C)c2)n1.